The minimum absolute atomic E-state index is 0.0735. The lowest BCUT2D eigenvalue weighted by Crippen LogP contribution is -2.34. The average molecular weight is 408 g/mol. The van der Waals surface area contributed by atoms with Gasteiger partial charge in [-0.25, -0.2) is 9.80 Å². The second-order valence-corrected chi connectivity index (χ2v) is 8.45. The SMILES string of the molecule is O=C(Nc1ccc(Cl)cc1)N1N=C2c3ccccc3CC[C@H]2[C@@H]1c1cccs1. The molecule has 2 aromatic carbocycles. The Balaban J connectivity index is 1.52. The molecule has 0 saturated carbocycles. The first-order valence-electron chi connectivity index (χ1n) is 9.26. The highest BCUT2D eigenvalue weighted by Crippen LogP contribution is 2.44. The van der Waals surface area contributed by atoms with E-state index in [-0.39, 0.29) is 18.0 Å². The summed E-state index contributed by atoms with van der Waals surface area (Å²) in [5, 5.41) is 12.1. The van der Waals surface area contributed by atoms with Crippen molar-refractivity contribution < 1.29 is 4.79 Å². The Morgan fingerprint density at radius 1 is 1.11 bits per heavy atom. The predicted octanol–water partition coefficient (Wildman–Crippen LogP) is 5.96. The number of fused-ring (bicyclic) bond motifs is 3. The van der Waals surface area contributed by atoms with Crippen LogP contribution in [0.15, 0.2) is 71.1 Å². The number of hydrogen-bond donors (Lipinski definition) is 1. The van der Waals surface area contributed by atoms with E-state index in [1.54, 1.807) is 40.6 Å². The summed E-state index contributed by atoms with van der Waals surface area (Å²) in [6, 6.07) is 19.3. The van der Waals surface area contributed by atoms with E-state index in [1.807, 2.05) is 12.1 Å². The summed E-state index contributed by atoms with van der Waals surface area (Å²) < 4.78 is 0. The van der Waals surface area contributed by atoms with Gasteiger partial charge in [-0.2, -0.15) is 5.10 Å². The van der Waals surface area contributed by atoms with Crippen molar-refractivity contribution >= 4 is 40.4 Å². The molecule has 5 rings (SSSR count). The van der Waals surface area contributed by atoms with Gasteiger partial charge in [0.05, 0.1) is 11.8 Å². The quantitative estimate of drug-likeness (QED) is 0.559. The molecule has 0 unspecified atom stereocenters. The minimum Gasteiger partial charge on any atom is -0.306 e. The molecule has 6 heteroatoms. The zero-order chi connectivity index (χ0) is 19.1. The number of carbonyl (C=O) groups excluding carboxylic acids is 1. The van der Waals surface area contributed by atoms with E-state index in [0.717, 1.165) is 23.4 Å². The molecule has 1 aliphatic heterocycles. The van der Waals surface area contributed by atoms with Crippen LogP contribution in [0.3, 0.4) is 0 Å². The van der Waals surface area contributed by atoms with E-state index < -0.39 is 0 Å². The van der Waals surface area contributed by atoms with Crippen LogP contribution in [0.4, 0.5) is 10.5 Å². The Labute approximate surface area is 172 Å². The maximum Gasteiger partial charge on any atom is 0.342 e. The number of hydrazone groups is 1. The molecule has 0 fully saturated rings. The summed E-state index contributed by atoms with van der Waals surface area (Å²) in [6.45, 7) is 0. The molecule has 1 aliphatic carbocycles. The van der Waals surface area contributed by atoms with E-state index in [4.69, 9.17) is 16.7 Å². The number of benzene rings is 2. The zero-order valence-electron chi connectivity index (χ0n) is 15.0. The first kappa shape index (κ1) is 17.5. The van der Waals surface area contributed by atoms with Gasteiger partial charge in [0.1, 0.15) is 0 Å². The predicted molar refractivity (Wildman–Crippen MR) is 114 cm³/mol. The number of urea groups is 1. The number of thiophene rings is 1. The van der Waals surface area contributed by atoms with E-state index >= 15 is 0 Å². The van der Waals surface area contributed by atoms with E-state index in [2.05, 4.69) is 35.0 Å². The van der Waals surface area contributed by atoms with Crippen LogP contribution in [0.25, 0.3) is 0 Å². The van der Waals surface area contributed by atoms with Gasteiger partial charge in [0.25, 0.3) is 0 Å². The Hall–Kier alpha value is -2.63. The number of rotatable bonds is 2. The van der Waals surface area contributed by atoms with Crippen molar-refractivity contribution in [1.29, 1.82) is 0 Å². The smallest absolute Gasteiger partial charge is 0.306 e. The van der Waals surface area contributed by atoms with E-state index in [0.29, 0.717) is 10.7 Å². The molecule has 2 atom stereocenters. The van der Waals surface area contributed by atoms with Crippen molar-refractivity contribution in [1.82, 2.24) is 5.01 Å². The molecule has 1 aromatic heterocycles. The third kappa shape index (κ3) is 3.01. The fourth-order valence-corrected chi connectivity index (χ4v) is 5.08. The summed E-state index contributed by atoms with van der Waals surface area (Å²) >= 11 is 7.63. The molecule has 0 spiro atoms. The number of halogens is 1. The van der Waals surface area contributed by atoms with Gasteiger partial charge in [-0.15, -0.1) is 11.3 Å². The molecule has 1 N–H and O–H groups in total. The highest BCUT2D eigenvalue weighted by molar-refractivity contribution is 7.10. The highest BCUT2D eigenvalue weighted by atomic mass is 35.5. The van der Waals surface area contributed by atoms with Crippen molar-refractivity contribution in [3.05, 3.63) is 87.1 Å². The van der Waals surface area contributed by atoms with Gasteiger partial charge in [-0.1, -0.05) is 41.9 Å². The molecule has 28 heavy (non-hydrogen) atoms. The van der Waals surface area contributed by atoms with Crippen LogP contribution in [0.2, 0.25) is 5.02 Å². The molecule has 2 amide bonds. The monoisotopic (exact) mass is 407 g/mol. The van der Waals surface area contributed by atoms with Crippen LogP contribution < -0.4 is 5.32 Å². The number of carbonyl (C=O) groups is 1. The van der Waals surface area contributed by atoms with Crippen molar-refractivity contribution in [2.75, 3.05) is 5.32 Å². The van der Waals surface area contributed by atoms with Gasteiger partial charge in [-0.3, -0.25) is 0 Å². The van der Waals surface area contributed by atoms with E-state index in [1.165, 1.54) is 11.1 Å². The van der Waals surface area contributed by atoms with Crippen LogP contribution in [-0.4, -0.2) is 16.8 Å². The number of anilines is 1. The Bertz CT molecular complexity index is 1050. The molecule has 0 radical (unpaired) electrons. The molecule has 3 aromatic rings. The molecule has 0 saturated heterocycles. The number of nitrogens with one attached hydrogen (secondary N) is 1. The Morgan fingerprint density at radius 2 is 1.93 bits per heavy atom. The third-order valence-corrected chi connectivity index (χ3v) is 6.56. The van der Waals surface area contributed by atoms with Gasteiger partial charge in [0.15, 0.2) is 0 Å². The summed E-state index contributed by atoms with van der Waals surface area (Å²) in [5.74, 6) is 0.213. The molecular weight excluding hydrogens is 390 g/mol. The second kappa shape index (κ2) is 7.08. The maximum atomic E-state index is 13.1. The molecule has 2 aliphatic rings. The summed E-state index contributed by atoms with van der Waals surface area (Å²) in [5.41, 5.74) is 4.20. The lowest BCUT2D eigenvalue weighted by atomic mass is 9.79. The number of nitrogens with zero attached hydrogens (tertiary/aromatic N) is 2. The van der Waals surface area contributed by atoms with Crippen LogP contribution in [0.5, 0.6) is 0 Å². The average Bonchev–Trinajstić information content (AvgIpc) is 3.37. The van der Waals surface area contributed by atoms with E-state index in [9.17, 15) is 4.79 Å². The molecule has 140 valence electrons. The molecule has 2 heterocycles. The lowest BCUT2D eigenvalue weighted by Gasteiger charge is -2.28. The van der Waals surface area contributed by atoms with Gasteiger partial charge in [-0.05, 0) is 54.1 Å². The second-order valence-electron chi connectivity index (χ2n) is 7.03. The molecular formula is C22H18ClN3OS. The fourth-order valence-electron chi connectivity index (χ4n) is 4.08. The van der Waals surface area contributed by atoms with Crippen molar-refractivity contribution in [3.8, 4) is 0 Å². The molecule has 0 bridgehead atoms. The van der Waals surface area contributed by atoms with Crippen molar-refractivity contribution in [2.45, 2.75) is 18.9 Å². The maximum absolute atomic E-state index is 13.1. The van der Waals surface area contributed by atoms with Gasteiger partial charge in [0.2, 0.25) is 0 Å². The third-order valence-electron chi connectivity index (χ3n) is 5.37. The minimum atomic E-state index is -0.222. The first-order valence-corrected chi connectivity index (χ1v) is 10.5. The normalized spacial score (nSPS) is 20.3. The number of aryl methyl sites for hydroxylation is 1. The topological polar surface area (TPSA) is 44.7 Å². The van der Waals surface area contributed by atoms with Crippen LogP contribution in [0, 0.1) is 5.92 Å². The largest absolute Gasteiger partial charge is 0.342 e. The Kier molecular flexibility index (Phi) is 4.41. The fraction of sp³-hybridized carbons (Fsp3) is 0.182. The first-order chi connectivity index (χ1) is 13.7. The highest BCUT2D eigenvalue weighted by Gasteiger charge is 2.44. The van der Waals surface area contributed by atoms with Gasteiger partial charge < -0.3 is 5.32 Å². The van der Waals surface area contributed by atoms with Crippen LogP contribution in [-0.2, 0) is 6.42 Å². The number of amides is 2. The molecule has 4 nitrogen and oxygen atoms in total. The van der Waals surface area contributed by atoms with Gasteiger partial charge >= 0.3 is 6.03 Å². The van der Waals surface area contributed by atoms with Crippen molar-refractivity contribution in [3.63, 3.8) is 0 Å². The Morgan fingerprint density at radius 3 is 2.71 bits per heavy atom. The summed E-state index contributed by atoms with van der Waals surface area (Å²) in [7, 11) is 0. The summed E-state index contributed by atoms with van der Waals surface area (Å²) in [4.78, 5) is 14.3. The van der Waals surface area contributed by atoms with Crippen molar-refractivity contribution in [2.24, 2.45) is 11.0 Å². The number of hydrogen-bond acceptors (Lipinski definition) is 3. The lowest BCUT2D eigenvalue weighted by molar-refractivity contribution is 0.189. The zero-order valence-corrected chi connectivity index (χ0v) is 16.6. The summed E-state index contributed by atoms with van der Waals surface area (Å²) in [6.07, 6.45) is 2.00. The van der Waals surface area contributed by atoms with Crippen LogP contribution in [0.1, 0.15) is 28.5 Å². The van der Waals surface area contributed by atoms with Crippen LogP contribution >= 0.6 is 22.9 Å². The van der Waals surface area contributed by atoms with Gasteiger partial charge in [0, 0.05) is 27.1 Å². The standard InChI is InChI=1S/C22H18ClN3OS/c23-15-8-10-16(11-9-15)24-22(27)26-21(19-6-3-13-28-19)18-12-7-14-4-1-2-5-17(14)20(18)25-26/h1-6,8-11,13,18,21H,7,12H2,(H,24,27)/t18-,21-/m1/s1.